The Bertz CT molecular complexity index is 657. The number of carbonyl (C=O) groups is 1. The SMILES string of the molecule is O=C(NOC1CCC(N2CCN(CC3CC3)CC2)CC1)C12CNCC1(C(F)(F)F)C2. The number of hydroxylamine groups is 1. The summed E-state index contributed by atoms with van der Waals surface area (Å²) in [5.74, 6) is 0.328. The first-order valence-corrected chi connectivity index (χ1v) is 11.5. The number of rotatable bonds is 6. The van der Waals surface area contributed by atoms with Crippen LogP contribution >= 0.6 is 0 Å². The molecule has 6 nitrogen and oxygen atoms in total. The van der Waals surface area contributed by atoms with Crippen molar-refractivity contribution in [2.75, 3.05) is 45.8 Å². The summed E-state index contributed by atoms with van der Waals surface area (Å²) in [5.41, 5.74) is -0.898. The highest BCUT2D eigenvalue weighted by Gasteiger charge is 2.84. The second kappa shape index (κ2) is 7.60. The van der Waals surface area contributed by atoms with Gasteiger partial charge < -0.3 is 10.2 Å². The summed E-state index contributed by atoms with van der Waals surface area (Å²) < 4.78 is 40.3. The number of nitrogens with one attached hydrogen (secondary N) is 2. The highest BCUT2D eigenvalue weighted by atomic mass is 19.4. The Kier molecular flexibility index (Phi) is 5.31. The second-order valence-corrected chi connectivity index (χ2v) is 10.2. The van der Waals surface area contributed by atoms with Crippen LogP contribution in [0.2, 0.25) is 0 Å². The number of piperazine rings is 1. The fourth-order valence-electron chi connectivity index (χ4n) is 6.01. The van der Waals surface area contributed by atoms with Crippen LogP contribution in [0.1, 0.15) is 44.9 Å². The topological polar surface area (TPSA) is 56.8 Å². The van der Waals surface area contributed by atoms with E-state index >= 15 is 0 Å². The standard InChI is InChI=1S/C21H33F3N4O2/c22-21(23,24)20-12-19(20,13-25-14-20)18(29)26-30-17-5-3-16(4-6-17)28-9-7-27(8-10-28)11-15-1-2-15/h15-17,25H,1-14H2,(H,26,29). The molecule has 5 fully saturated rings. The quantitative estimate of drug-likeness (QED) is 0.631. The van der Waals surface area contributed by atoms with Gasteiger partial charge in [0, 0.05) is 51.9 Å². The molecular weight excluding hydrogens is 397 g/mol. The van der Waals surface area contributed by atoms with Crippen molar-refractivity contribution < 1.29 is 22.8 Å². The average molecular weight is 431 g/mol. The van der Waals surface area contributed by atoms with Crippen molar-refractivity contribution >= 4 is 5.91 Å². The number of halogens is 3. The molecule has 0 aromatic rings. The maximum Gasteiger partial charge on any atom is 0.396 e. The van der Waals surface area contributed by atoms with Gasteiger partial charge in [0.25, 0.3) is 5.91 Å². The van der Waals surface area contributed by atoms with Gasteiger partial charge in [-0.15, -0.1) is 0 Å². The van der Waals surface area contributed by atoms with E-state index in [1.165, 1.54) is 19.4 Å². The third-order valence-electron chi connectivity index (χ3n) is 8.32. The van der Waals surface area contributed by atoms with Crippen molar-refractivity contribution in [1.82, 2.24) is 20.6 Å². The molecule has 5 rings (SSSR count). The minimum atomic E-state index is -4.37. The molecule has 9 heteroatoms. The fraction of sp³-hybridized carbons (Fsp3) is 0.952. The van der Waals surface area contributed by atoms with Gasteiger partial charge in [0.1, 0.15) is 0 Å². The molecule has 3 saturated carbocycles. The Labute approximate surface area is 175 Å². The molecular formula is C21H33F3N4O2. The first kappa shape index (κ1) is 21.0. The molecule has 2 N–H and O–H groups in total. The molecule has 30 heavy (non-hydrogen) atoms. The van der Waals surface area contributed by atoms with E-state index in [1.807, 2.05) is 0 Å². The third kappa shape index (κ3) is 3.65. The summed E-state index contributed by atoms with van der Waals surface area (Å²) in [6.45, 7) is 5.70. The Hall–Kier alpha value is -0.900. The lowest BCUT2D eigenvalue weighted by atomic mass is 9.91. The highest BCUT2D eigenvalue weighted by molar-refractivity contribution is 5.87. The highest BCUT2D eigenvalue weighted by Crippen LogP contribution is 2.72. The molecule has 0 bridgehead atoms. The van der Waals surface area contributed by atoms with Gasteiger partial charge in [0.05, 0.1) is 16.9 Å². The lowest BCUT2D eigenvalue weighted by Gasteiger charge is -2.42. The Morgan fingerprint density at radius 1 is 1.03 bits per heavy atom. The molecule has 2 heterocycles. The lowest BCUT2D eigenvalue weighted by Crippen LogP contribution is -2.52. The van der Waals surface area contributed by atoms with Gasteiger partial charge in [-0.05, 0) is 50.9 Å². The molecule has 1 amide bonds. The van der Waals surface area contributed by atoms with Crippen LogP contribution < -0.4 is 10.8 Å². The van der Waals surface area contributed by atoms with E-state index in [1.54, 1.807) is 0 Å². The number of alkyl halides is 3. The number of hydrogen-bond acceptors (Lipinski definition) is 5. The van der Waals surface area contributed by atoms with Crippen LogP contribution in [0.3, 0.4) is 0 Å². The maximum atomic E-state index is 13.4. The van der Waals surface area contributed by atoms with E-state index in [9.17, 15) is 18.0 Å². The van der Waals surface area contributed by atoms with E-state index < -0.39 is 22.9 Å². The Morgan fingerprint density at radius 3 is 2.33 bits per heavy atom. The van der Waals surface area contributed by atoms with Gasteiger partial charge in [-0.25, -0.2) is 5.48 Å². The minimum absolute atomic E-state index is 0.0706. The van der Waals surface area contributed by atoms with Gasteiger partial charge in [-0.2, -0.15) is 13.2 Å². The summed E-state index contributed by atoms with van der Waals surface area (Å²) in [5, 5.41) is 2.74. The van der Waals surface area contributed by atoms with Crippen LogP contribution in [0.5, 0.6) is 0 Å². The average Bonchev–Trinajstić information content (AvgIpc) is 3.64. The molecule has 2 saturated heterocycles. The monoisotopic (exact) mass is 430 g/mol. The molecule has 2 unspecified atom stereocenters. The zero-order valence-corrected chi connectivity index (χ0v) is 17.5. The normalized spacial score (nSPS) is 40.2. The fourth-order valence-corrected chi connectivity index (χ4v) is 6.01. The first-order chi connectivity index (χ1) is 14.3. The van der Waals surface area contributed by atoms with Crippen LogP contribution in [0.25, 0.3) is 0 Å². The van der Waals surface area contributed by atoms with Crippen molar-refractivity contribution in [3.05, 3.63) is 0 Å². The molecule has 0 aromatic heterocycles. The minimum Gasteiger partial charge on any atom is -0.315 e. The van der Waals surface area contributed by atoms with E-state index in [-0.39, 0.29) is 25.6 Å². The smallest absolute Gasteiger partial charge is 0.315 e. The van der Waals surface area contributed by atoms with E-state index in [0.717, 1.165) is 57.8 Å². The molecule has 2 aliphatic heterocycles. The van der Waals surface area contributed by atoms with Crippen molar-refractivity contribution in [2.45, 2.75) is 63.3 Å². The van der Waals surface area contributed by atoms with E-state index in [2.05, 4.69) is 20.6 Å². The third-order valence-corrected chi connectivity index (χ3v) is 8.32. The van der Waals surface area contributed by atoms with Gasteiger partial charge in [0.15, 0.2) is 0 Å². The number of fused-ring (bicyclic) bond motifs is 1. The number of carbonyl (C=O) groups excluding carboxylic acids is 1. The number of hydrogen-bond donors (Lipinski definition) is 2. The molecule has 0 spiro atoms. The second-order valence-electron chi connectivity index (χ2n) is 10.2. The summed E-state index contributed by atoms with van der Waals surface area (Å²) in [6.07, 6.45) is 1.90. The Morgan fingerprint density at radius 2 is 1.73 bits per heavy atom. The number of amides is 1. The van der Waals surface area contributed by atoms with Crippen molar-refractivity contribution in [1.29, 1.82) is 0 Å². The van der Waals surface area contributed by atoms with E-state index in [0.29, 0.717) is 6.04 Å². The first-order valence-electron chi connectivity index (χ1n) is 11.5. The molecule has 170 valence electrons. The van der Waals surface area contributed by atoms with Gasteiger partial charge in [0.2, 0.25) is 0 Å². The van der Waals surface area contributed by atoms with Crippen LogP contribution in [0, 0.1) is 16.7 Å². The number of piperidine rings is 1. The molecule has 0 radical (unpaired) electrons. The zero-order chi connectivity index (χ0) is 21.0. The van der Waals surface area contributed by atoms with Crippen molar-refractivity contribution in [3.8, 4) is 0 Å². The Balaban J connectivity index is 1.04. The summed E-state index contributed by atoms with van der Waals surface area (Å²) >= 11 is 0. The van der Waals surface area contributed by atoms with Gasteiger partial charge >= 0.3 is 6.18 Å². The summed E-state index contributed by atoms with van der Waals surface area (Å²) in [7, 11) is 0. The number of nitrogens with zero attached hydrogens (tertiary/aromatic N) is 2. The lowest BCUT2D eigenvalue weighted by molar-refractivity contribution is -0.194. The summed E-state index contributed by atoms with van der Waals surface area (Å²) in [4.78, 5) is 23.3. The predicted octanol–water partition coefficient (Wildman–Crippen LogP) is 1.91. The molecule has 0 aromatic carbocycles. The summed E-state index contributed by atoms with van der Waals surface area (Å²) in [6, 6.07) is 0.558. The van der Waals surface area contributed by atoms with E-state index in [4.69, 9.17) is 4.84 Å². The van der Waals surface area contributed by atoms with Crippen molar-refractivity contribution in [3.63, 3.8) is 0 Å². The van der Waals surface area contributed by atoms with Gasteiger partial charge in [-0.1, -0.05) is 0 Å². The molecule has 2 atom stereocenters. The van der Waals surface area contributed by atoms with Crippen molar-refractivity contribution in [2.24, 2.45) is 16.7 Å². The van der Waals surface area contributed by atoms with Crippen LogP contribution in [-0.4, -0.2) is 79.8 Å². The van der Waals surface area contributed by atoms with Gasteiger partial charge in [-0.3, -0.25) is 14.5 Å². The molecule has 5 aliphatic rings. The van der Waals surface area contributed by atoms with Crippen LogP contribution in [0.4, 0.5) is 13.2 Å². The maximum absolute atomic E-state index is 13.4. The largest absolute Gasteiger partial charge is 0.396 e. The predicted molar refractivity (Wildman–Crippen MR) is 104 cm³/mol. The zero-order valence-electron chi connectivity index (χ0n) is 17.5. The molecule has 3 aliphatic carbocycles. The van der Waals surface area contributed by atoms with Crippen LogP contribution in [-0.2, 0) is 9.63 Å². The van der Waals surface area contributed by atoms with Crippen LogP contribution in [0.15, 0.2) is 0 Å².